The minimum atomic E-state index is -0.464. The molecule has 1 rings (SSSR count). The maximum Gasteiger partial charge on any atom is 0.281 e. The molecule has 0 atom stereocenters. The molecular formula is C9H9ClFNO3. The predicted molar refractivity (Wildman–Crippen MR) is 52.1 cm³/mol. The van der Waals surface area contributed by atoms with E-state index in [1.165, 1.54) is 19.2 Å². The number of hydrogen-bond donors (Lipinski definition) is 1. The number of amides is 1. The number of hydroxylamine groups is 1. The van der Waals surface area contributed by atoms with Gasteiger partial charge in [0.25, 0.3) is 5.91 Å². The Balaban J connectivity index is 2.54. The third-order valence-electron chi connectivity index (χ3n) is 1.47. The lowest BCUT2D eigenvalue weighted by Gasteiger charge is -2.07. The van der Waals surface area contributed by atoms with E-state index in [-0.39, 0.29) is 17.4 Å². The molecule has 1 aromatic carbocycles. The average Bonchev–Trinajstić information content (AvgIpc) is 2.17. The van der Waals surface area contributed by atoms with E-state index in [4.69, 9.17) is 16.3 Å². The molecule has 0 aromatic heterocycles. The predicted octanol–water partition coefficient (Wildman–Crippen LogP) is 1.54. The number of carbonyl (C=O) groups is 1. The number of hydrogen-bond acceptors (Lipinski definition) is 3. The Morgan fingerprint density at radius 2 is 2.33 bits per heavy atom. The molecule has 6 heteroatoms. The summed E-state index contributed by atoms with van der Waals surface area (Å²) in [6.45, 7) is -0.251. The number of rotatable bonds is 4. The van der Waals surface area contributed by atoms with Crippen LogP contribution in [0.5, 0.6) is 5.75 Å². The van der Waals surface area contributed by atoms with Crippen LogP contribution in [0.4, 0.5) is 4.39 Å². The van der Waals surface area contributed by atoms with Crippen LogP contribution in [0, 0.1) is 5.82 Å². The van der Waals surface area contributed by atoms with E-state index in [2.05, 4.69) is 10.3 Å². The Morgan fingerprint density at radius 1 is 1.60 bits per heavy atom. The highest BCUT2D eigenvalue weighted by molar-refractivity contribution is 6.32. The highest BCUT2D eigenvalue weighted by atomic mass is 35.5. The van der Waals surface area contributed by atoms with Crippen molar-refractivity contribution in [2.24, 2.45) is 0 Å². The first-order chi connectivity index (χ1) is 7.13. The molecule has 1 aromatic rings. The molecule has 0 saturated heterocycles. The van der Waals surface area contributed by atoms with E-state index >= 15 is 0 Å². The third kappa shape index (κ3) is 3.73. The molecule has 15 heavy (non-hydrogen) atoms. The van der Waals surface area contributed by atoms with E-state index in [0.29, 0.717) is 0 Å². The first-order valence-electron chi connectivity index (χ1n) is 4.03. The van der Waals surface area contributed by atoms with E-state index in [1.54, 1.807) is 0 Å². The van der Waals surface area contributed by atoms with Gasteiger partial charge in [-0.2, -0.15) is 0 Å². The van der Waals surface area contributed by atoms with Gasteiger partial charge in [0.15, 0.2) is 6.61 Å². The summed E-state index contributed by atoms with van der Waals surface area (Å²) in [5.41, 5.74) is 2.07. The van der Waals surface area contributed by atoms with Crippen LogP contribution in [0.3, 0.4) is 0 Å². The van der Waals surface area contributed by atoms with Gasteiger partial charge in [0.2, 0.25) is 0 Å². The van der Waals surface area contributed by atoms with Crippen molar-refractivity contribution in [3.8, 4) is 5.75 Å². The van der Waals surface area contributed by atoms with Crippen LogP contribution in [0.15, 0.2) is 18.2 Å². The highest BCUT2D eigenvalue weighted by Crippen LogP contribution is 2.24. The van der Waals surface area contributed by atoms with E-state index in [9.17, 15) is 9.18 Å². The van der Waals surface area contributed by atoms with Crippen LogP contribution in [-0.4, -0.2) is 19.6 Å². The molecule has 0 aliphatic rings. The van der Waals surface area contributed by atoms with Crippen LogP contribution in [-0.2, 0) is 9.63 Å². The zero-order chi connectivity index (χ0) is 11.3. The topological polar surface area (TPSA) is 47.6 Å². The number of ether oxygens (including phenoxy) is 1. The van der Waals surface area contributed by atoms with Gasteiger partial charge >= 0.3 is 0 Å². The lowest BCUT2D eigenvalue weighted by Crippen LogP contribution is -2.27. The van der Waals surface area contributed by atoms with Crippen molar-refractivity contribution in [2.75, 3.05) is 13.7 Å². The lowest BCUT2D eigenvalue weighted by atomic mass is 10.3. The summed E-state index contributed by atoms with van der Waals surface area (Å²) in [5, 5.41) is 0.111. The second-order valence-corrected chi connectivity index (χ2v) is 3.00. The molecule has 1 amide bonds. The van der Waals surface area contributed by atoms with Gasteiger partial charge in [-0.1, -0.05) is 11.6 Å². The van der Waals surface area contributed by atoms with Gasteiger partial charge in [-0.3, -0.25) is 9.63 Å². The molecule has 0 saturated carbocycles. The molecular weight excluding hydrogens is 225 g/mol. The Kier molecular flexibility index (Phi) is 4.33. The van der Waals surface area contributed by atoms with E-state index in [0.717, 1.165) is 6.07 Å². The standard InChI is InChI=1S/C9H9ClFNO3/c1-14-12-9(13)5-15-8-3-2-6(11)4-7(8)10/h2-4H,5H2,1H3,(H,12,13). The molecule has 4 nitrogen and oxygen atoms in total. The average molecular weight is 234 g/mol. The zero-order valence-electron chi connectivity index (χ0n) is 7.92. The van der Waals surface area contributed by atoms with Crippen LogP contribution >= 0.6 is 11.6 Å². The van der Waals surface area contributed by atoms with Gasteiger partial charge in [0, 0.05) is 0 Å². The fourth-order valence-corrected chi connectivity index (χ4v) is 1.10. The first-order valence-corrected chi connectivity index (χ1v) is 4.41. The summed E-state index contributed by atoms with van der Waals surface area (Å²) in [4.78, 5) is 15.3. The molecule has 0 radical (unpaired) electrons. The maximum atomic E-state index is 12.6. The van der Waals surface area contributed by atoms with Crippen LogP contribution < -0.4 is 10.2 Å². The van der Waals surface area contributed by atoms with E-state index < -0.39 is 11.7 Å². The number of nitrogens with one attached hydrogen (secondary N) is 1. The van der Waals surface area contributed by atoms with Gasteiger partial charge in [-0.05, 0) is 18.2 Å². The van der Waals surface area contributed by atoms with Gasteiger partial charge < -0.3 is 4.74 Å². The van der Waals surface area contributed by atoms with Crippen LogP contribution in [0.25, 0.3) is 0 Å². The Labute approximate surface area is 90.9 Å². The van der Waals surface area contributed by atoms with Gasteiger partial charge in [-0.25, -0.2) is 9.87 Å². The number of benzene rings is 1. The van der Waals surface area contributed by atoms with Crippen molar-refractivity contribution < 1.29 is 18.8 Å². The molecule has 0 unspecified atom stereocenters. The molecule has 0 aliphatic heterocycles. The monoisotopic (exact) mass is 233 g/mol. The van der Waals surface area contributed by atoms with Crippen molar-refractivity contribution in [3.05, 3.63) is 29.0 Å². The first kappa shape index (κ1) is 11.7. The normalized spacial score (nSPS) is 9.80. The molecule has 0 spiro atoms. The van der Waals surface area contributed by atoms with E-state index in [1.807, 2.05) is 0 Å². The van der Waals surface area contributed by atoms with Gasteiger partial charge in [-0.15, -0.1) is 0 Å². The largest absolute Gasteiger partial charge is 0.482 e. The summed E-state index contributed by atoms with van der Waals surface area (Å²) in [6.07, 6.45) is 0. The quantitative estimate of drug-likeness (QED) is 0.803. The Morgan fingerprint density at radius 3 is 2.93 bits per heavy atom. The van der Waals surface area contributed by atoms with Gasteiger partial charge in [0.1, 0.15) is 11.6 Å². The summed E-state index contributed by atoms with van der Waals surface area (Å²) < 4.78 is 17.6. The second kappa shape index (κ2) is 5.53. The molecule has 82 valence electrons. The highest BCUT2D eigenvalue weighted by Gasteiger charge is 2.06. The summed E-state index contributed by atoms with van der Waals surface area (Å²) >= 11 is 5.66. The fourth-order valence-electron chi connectivity index (χ4n) is 0.879. The van der Waals surface area contributed by atoms with Crippen molar-refractivity contribution in [2.45, 2.75) is 0 Å². The minimum Gasteiger partial charge on any atom is -0.482 e. The molecule has 0 heterocycles. The Hall–Kier alpha value is -1.33. The summed E-state index contributed by atoms with van der Waals surface area (Å²) in [7, 11) is 1.31. The summed E-state index contributed by atoms with van der Waals surface area (Å²) in [5.74, 6) is -0.684. The summed E-state index contributed by atoms with van der Waals surface area (Å²) in [6, 6.07) is 3.64. The van der Waals surface area contributed by atoms with Crippen molar-refractivity contribution >= 4 is 17.5 Å². The van der Waals surface area contributed by atoms with Crippen LogP contribution in [0.1, 0.15) is 0 Å². The minimum absolute atomic E-state index is 0.111. The smallest absolute Gasteiger partial charge is 0.281 e. The molecule has 1 N–H and O–H groups in total. The Bertz CT molecular complexity index is 359. The molecule has 0 aliphatic carbocycles. The SMILES string of the molecule is CONC(=O)COc1ccc(F)cc1Cl. The van der Waals surface area contributed by atoms with Crippen molar-refractivity contribution in [3.63, 3.8) is 0 Å². The molecule has 0 bridgehead atoms. The zero-order valence-corrected chi connectivity index (χ0v) is 8.68. The molecule has 0 fully saturated rings. The third-order valence-corrected chi connectivity index (χ3v) is 1.76. The lowest BCUT2D eigenvalue weighted by molar-refractivity contribution is -0.133. The maximum absolute atomic E-state index is 12.6. The fraction of sp³-hybridized carbons (Fsp3) is 0.222. The van der Waals surface area contributed by atoms with Crippen molar-refractivity contribution in [1.82, 2.24) is 5.48 Å². The number of halogens is 2. The van der Waals surface area contributed by atoms with Crippen LogP contribution in [0.2, 0.25) is 5.02 Å². The second-order valence-electron chi connectivity index (χ2n) is 2.59. The van der Waals surface area contributed by atoms with Crippen molar-refractivity contribution in [1.29, 1.82) is 0 Å². The number of carbonyl (C=O) groups excluding carboxylic acids is 1. The van der Waals surface area contributed by atoms with Gasteiger partial charge in [0.05, 0.1) is 12.1 Å².